The van der Waals surface area contributed by atoms with Crippen molar-refractivity contribution < 1.29 is 14.8 Å². The van der Waals surface area contributed by atoms with Crippen molar-refractivity contribution in [3.63, 3.8) is 0 Å². The third kappa shape index (κ3) is 2.47. The summed E-state index contributed by atoms with van der Waals surface area (Å²) in [5.41, 5.74) is -0.801. The van der Waals surface area contributed by atoms with Crippen LogP contribution in [0.1, 0.15) is 13.8 Å². The minimum absolute atomic E-state index is 0.0971. The molecule has 1 N–H and O–H groups in total. The van der Waals surface area contributed by atoms with Crippen LogP contribution in [0.3, 0.4) is 0 Å². The molecular formula is C13H14N4O4. The molecule has 1 aromatic heterocycles. The fraction of sp³-hybridized carbons (Fsp3) is 0.308. The number of benzene rings is 1. The molecule has 2 rings (SSSR count). The smallest absolute Gasteiger partial charge is 0.328 e. The van der Waals surface area contributed by atoms with Gasteiger partial charge in [0.05, 0.1) is 10.4 Å². The molecule has 1 heterocycles. The predicted octanol–water partition coefficient (Wildman–Crippen LogP) is 1.84. The van der Waals surface area contributed by atoms with Crippen molar-refractivity contribution in [1.29, 1.82) is 0 Å². The topological polar surface area (TPSA) is 109 Å². The van der Waals surface area contributed by atoms with Crippen molar-refractivity contribution in [3.05, 3.63) is 34.6 Å². The normalized spacial score (nSPS) is 11.4. The zero-order valence-electron chi connectivity index (χ0n) is 11.8. The van der Waals surface area contributed by atoms with E-state index in [1.807, 2.05) is 0 Å². The number of nitrogens with zero attached hydrogens (tertiary/aromatic N) is 4. The first kappa shape index (κ1) is 14.6. The Bertz CT molecular complexity index is 729. The highest BCUT2D eigenvalue weighted by molar-refractivity contribution is 5.93. The number of carbonyl (C=O) groups is 1. The Kier molecular flexibility index (Phi) is 3.46. The van der Waals surface area contributed by atoms with E-state index in [4.69, 9.17) is 0 Å². The lowest BCUT2D eigenvalue weighted by molar-refractivity contribution is -0.384. The lowest BCUT2D eigenvalue weighted by Crippen LogP contribution is -2.48. The summed E-state index contributed by atoms with van der Waals surface area (Å²) in [6, 6.07) is 4.21. The average Bonchev–Trinajstić information content (AvgIpc) is 2.44. The molecular weight excluding hydrogens is 276 g/mol. The summed E-state index contributed by atoms with van der Waals surface area (Å²) in [6.45, 7) is 3.06. The van der Waals surface area contributed by atoms with Gasteiger partial charge in [-0.2, -0.15) is 0 Å². The van der Waals surface area contributed by atoms with E-state index in [9.17, 15) is 20.0 Å². The van der Waals surface area contributed by atoms with E-state index in [1.54, 1.807) is 7.05 Å². The Hall–Kier alpha value is -2.77. The number of hydrogen-bond acceptors (Lipinski definition) is 6. The molecule has 110 valence electrons. The van der Waals surface area contributed by atoms with Crippen LogP contribution in [-0.2, 0) is 4.79 Å². The number of aliphatic carboxylic acids is 1. The Morgan fingerprint density at radius 3 is 2.62 bits per heavy atom. The van der Waals surface area contributed by atoms with Crippen LogP contribution in [0.4, 0.5) is 11.5 Å². The van der Waals surface area contributed by atoms with Crippen LogP contribution in [-0.4, -0.2) is 38.6 Å². The van der Waals surface area contributed by atoms with Gasteiger partial charge >= 0.3 is 5.97 Å². The van der Waals surface area contributed by atoms with Crippen molar-refractivity contribution in [2.24, 2.45) is 0 Å². The SMILES string of the molecule is CN(c1ncnc2ccc([N+](=O)[O-])cc12)C(C)(C)C(=O)O. The Morgan fingerprint density at radius 1 is 1.38 bits per heavy atom. The van der Waals surface area contributed by atoms with E-state index < -0.39 is 16.4 Å². The molecule has 0 aliphatic rings. The predicted molar refractivity (Wildman–Crippen MR) is 76.3 cm³/mol. The molecule has 21 heavy (non-hydrogen) atoms. The number of likely N-dealkylation sites (N-methyl/N-ethyl adjacent to an activating group) is 1. The van der Waals surface area contributed by atoms with Crippen molar-refractivity contribution in [2.45, 2.75) is 19.4 Å². The fourth-order valence-corrected chi connectivity index (χ4v) is 1.82. The quantitative estimate of drug-likeness (QED) is 0.675. The largest absolute Gasteiger partial charge is 0.480 e. The van der Waals surface area contributed by atoms with Gasteiger partial charge in [0.2, 0.25) is 0 Å². The zero-order valence-corrected chi connectivity index (χ0v) is 11.8. The molecule has 0 bridgehead atoms. The maximum Gasteiger partial charge on any atom is 0.328 e. The van der Waals surface area contributed by atoms with E-state index >= 15 is 0 Å². The summed E-state index contributed by atoms with van der Waals surface area (Å²) < 4.78 is 0. The molecule has 0 amide bonds. The highest BCUT2D eigenvalue weighted by atomic mass is 16.6. The van der Waals surface area contributed by atoms with Crippen LogP contribution in [0.25, 0.3) is 10.9 Å². The van der Waals surface area contributed by atoms with Gasteiger partial charge in [0.25, 0.3) is 5.69 Å². The van der Waals surface area contributed by atoms with E-state index in [0.717, 1.165) is 0 Å². The number of carboxylic acids is 1. The van der Waals surface area contributed by atoms with Crippen LogP contribution < -0.4 is 4.90 Å². The van der Waals surface area contributed by atoms with Crippen LogP contribution in [0.15, 0.2) is 24.5 Å². The molecule has 0 aliphatic heterocycles. The van der Waals surface area contributed by atoms with Crippen LogP contribution in [0.2, 0.25) is 0 Å². The van der Waals surface area contributed by atoms with Crippen LogP contribution in [0, 0.1) is 10.1 Å². The summed E-state index contributed by atoms with van der Waals surface area (Å²) in [5.74, 6) is -0.696. The second-order valence-corrected chi connectivity index (χ2v) is 5.08. The lowest BCUT2D eigenvalue weighted by Gasteiger charge is -2.32. The second kappa shape index (κ2) is 4.97. The van der Waals surface area contributed by atoms with Gasteiger partial charge in [-0.3, -0.25) is 10.1 Å². The number of nitro benzene ring substituents is 1. The highest BCUT2D eigenvalue weighted by Gasteiger charge is 2.34. The first-order valence-corrected chi connectivity index (χ1v) is 6.11. The third-order valence-electron chi connectivity index (χ3n) is 3.49. The molecule has 8 heteroatoms. The molecule has 2 aromatic rings. The van der Waals surface area contributed by atoms with Crippen molar-refractivity contribution >= 4 is 28.4 Å². The molecule has 0 radical (unpaired) electrons. The van der Waals surface area contributed by atoms with Gasteiger partial charge in [0, 0.05) is 24.6 Å². The lowest BCUT2D eigenvalue weighted by atomic mass is 10.0. The summed E-state index contributed by atoms with van der Waals surface area (Å²) in [7, 11) is 1.58. The molecule has 0 spiro atoms. The third-order valence-corrected chi connectivity index (χ3v) is 3.49. The van der Waals surface area contributed by atoms with E-state index in [1.165, 1.54) is 43.3 Å². The summed E-state index contributed by atoms with van der Waals surface area (Å²) in [4.78, 5) is 31.3. The fourth-order valence-electron chi connectivity index (χ4n) is 1.82. The second-order valence-electron chi connectivity index (χ2n) is 5.08. The summed E-state index contributed by atoms with van der Waals surface area (Å²) in [6.07, 6.45) is 1.30. The maximum atomic E-state index is 11.4. The number of hydrogen-bond donors (Lipinski definition) is 1. The number of non-ortho nitro benzene ring substituents is 1. The highest BCUT2D eigenvalue weighted by Crippen LogP contribution is 2.29. The van der Waals surface area contributed by atoms with Crippen molar-refractivity contribution in [2.75, 3.05) is 11.9 Å². The number of nitro groups is 1. The van der Waals surface area contributed by atoms with Gasteiger partial charge in [-0.1, -0.05) is 0 Å². The van der Waals surface area contributed by atoms with E-state index in [-0.39, 0.29) is 5.69 Å². The van der Waals surface area contributed by atoms with Crippen LogP contribution >= 0.6 is 0 Å². The number of anilines is 1. The minimum atomic E-state index is -1.22. The van der Waals surface area contributed by atoms with Gasteiger partial charge in [0.15, 0.2) is 0 Å². The van der Waals surface area contributed by atoms with E-state index in [0.29, 0.717) is 16.7 Å². The van der Waals surface area contributed by atoms with Gasteiger partial charge in [-0.25, -0.2) is 14.8 Å². The van der Waals surface area contributed by atoms with E-state index in [2.05, 4.69) is 9.97 Å². The molecule has 0 fully saturated rings. The van der Waals surface area contributed by atoms with Crippen molar-refractivity contribution in [3.8, 4) is 0 Å². The van der Waals surface area contributed by atoms with Gasteiger partial charge in [-0.15, -0.1) is 0 Å². The first-order chi connectivity index (χ1) is 9.75. The monoisotopic (exact) mass is 290 g/mol. The maximum absolute atomic E-state index is 11.4. The van der Waals surface area contributed by atoms with Crippen molar-refractivity contribution in [1.82, 2.24) is 9.97 Å². The Labute approximate surface area is 120 Å². The molecule has 0 saturated heterocycles. The summed E-state index contributed by atoms with van der Waals surface area (Å²) >= 11 is 0. The summed E-state index contributed by atoms with van der Waals surface area (Å²) in [5, 5.41) is 20.6. The number of carboxylic acid groups (broad SMARTS) is 1. The molecule has 0 saturated carbocycles. The first-order valence-electron chi connectivity index (χ1n) is 6.11. The molecule has 0 atom stereocenters. The van der Waals surface area contributed by atoms with Crippen LogP contribution in [0.5, 0.6) is 0 Å². The number of rotatable bonds is 4. The van der Waals surface area contributed by atoms with Gasteiger partial charge in [-0.05, 0) is 19.9 Å². The number of fused-ring (bicyclic) bond motifs is 1. The zero-order chi connectivity index (χ0) is 15.8. The standard InChI is InChI=1S/C13H14N4O4/c1-13(2,12(18)19)16(3)11-9-6-8(17(20)21)4-5-10(9)14-7-15-11/h4-7H,1-3H3,(H,18,19). The molecule has 1 aromatic carbocycles. The van der Waals surface area contributed by atoms with Gasteiger partial charge in [0.1, 0.15) is 17.7 Å². The number of aromatic nitrogens is 2. The molecule has 0 unspecified atom stereocenters. The molecule has 8 nitrogen and oxygen atoms in total. The Balaban J connectivity index is 2.66. The molecule has 0 aliphatic carbocycles. The Morgan fingerprint density at radius 2 is 2.05 bits per heavy atom. The van der Waals surface area contributed by atoms with Gasteiger partial charge < -0.3 is 10.0 Å². The minimum Gasteiger partial charge on any atom is -0.480 e. The average molecular weight is 290 g/mol.